The van der Waals surface area contributed by atoms with Crippen molar-refractivity contribution in [2.45, 2.75) is 32.2 Å². The second-order valence-electron chi connectivity index (χ2n) is 5.39. The summed E-state index contributed by atoms with van der Waals surface area (Å²) in [5, 5.41) is 3.04. The summed E-state index contributed by atoms with van der Waals surface area (Å²) in [6.07, 6.45) is 2.99. The Morgan fingerprint density at radius 2 is 2.05 bits per heavy atom. The number of carbonyl (C=O) groups excluding carboxylic acids is 1. The minimum atomic E-state index is 0.184. The van der Waals surface area contributed by atoms with Crippen molar-refractivity contribution in [2.75, 3.05) is 25.6 Å². The summed E-state index contributed by atoms with van der Waals surface area (Å²) in [6.45, 7) is 2.86. The average molecular weight is 276 g/mol. The van der Waals surface area contributed by atoms with Gasteiger partial charge in [-0.1, -0.05) is 0 Å². The summed E-state index contributed by atoms with van der Waals surface area (Å²) < 4.78 is 5.18. The van der Waals surface area contributed by atoms with Crippen molar-refractivity contribution in [3.8, 4) is 5.75 Å². The molecule has 0 heterocycles. The number of rotatable bonds is 7. The minimum Gasteiger partial charge on any atom is -0.497 e. The SMILES string of the molecule is CNCCC(=O)N(c1ccc(OC)cc1)C(C)C1CC1. The third-order valence-corrected chi connectivity index (χ3v) is 3.92. The molecule has 110 valence electrons. The number of carbonyl (C=O) groups is 1. The Kier molecular flexibility index (Phi) is 5.01. The Bertz CT molecular complexity index is 440. The predicted molar refractivity (Wildman–Crippen MR) is 81.2 cm³/mol. The van der Waals surface area contributed by atoms with E-state index >= 15 is 0 Å². The van der Waals surface area contributed by atoms with Gasteiger partial charge in [0.25, 0.3) is 0 Å². The first-order chi connectivity index (χ1) is 9.67. The average Bonchev–Trinajstić information content (AvgIpc) is 3.30. The summed E-state index contributed by atoms with van der Waals surface area (Å²) in [5.74, 6) is 1.65. The number of nitrogens with one attached hydrogen (secondary N) is 1. The number of nitrogens with zero attached hydrogens (tertiary/aromatic N) is 1. The largest absolute Gasteiger partial charge is 0.497 e. The molecule has 0 spiro atoms. The van der Waals surface area contributed by atoms with Gasteiger partial charge in [0.15, 0.2) is 0 Å². The normalized spacial score (nSPS) is 15.8. The number of hydrogen-bond donors (Lipinski definition) is 1. The summed E-state index contributed by atoms with van der Waals surface area (Å²) in [4.78, 5) is 14.4. The molecule has 0 radical (unpaired) electrons. The Labute approximate surface area is 121 Å². The molecule has 4 heteroatoms. The minimum absolute atomic E-state index is 0.184. The van der Waals surface area contributed by atoms with Gasteiger partial charge in [-0.3, -0.25) is 4.79 Å². The highest BCUT2D eigenvalue weighted by Crippen LogP contribution is 2.37. The highest BCUT2D eigenvalue weighted by atomic mass is 16.5. The zero-order valence-corrected chi connectivity index (χ0v) is 12.6. The first kappa shape index (κ1) is 14.9. The molecule has 1 fully saturated rings. The number of methoxy groups -OCH3 is 1. The molecule has 1 saturated carbocycles. The van der Waals surface area contributed by atoms with Gasteiger partial charge in [0.2, 0.25) is 5.91 Å². The zero-order valence-electron chi connectivity index (χ0n) is 12.6. The van der Waals surface area contributed by atoms with Crippen LogP contribution < -0.4 is 15.0 Å². The van der Waals surface area contributed by atoms with Crippen LogP contribution >= 0.6 is 0 Å². The topological polar surface area (TPSA) is 41.6 Å². The lowest BCUT2D eigenvalue weighted by molar-refractivity contribution is -0.119. The van der Waals surface area contributed by atoms with Crippen LogP contribution in [0.3, 0.4) is 0 Å². The molecule has 2 rings (SSSR count). The van der Waals surface area contributed by atoms with Crippen molar-refractivity contribution in [1.82, 2.24) is 5.32 Å². The van der Waals surface area contributed by atoms with Crippen LogP contribution in [0.15, 0.2) is 24.3 Å². The van der Waals surface area contributed by atoms with Crippen LogP contribution in [0.5, 0.6) is 5.75 Å². The maximum Gasteiger partial charge on any atom is 0.228 e. The first-order valence-corrected chi connectivity index (χ1v) is 7.28. The van der Waals surface area contributed by atoms with Gasteiger partial charge in [-0.2, -0.15) is 0 Å². The Balaban J connectivity index is 2.17. The number of hydrogen-bond acceptors (Lipinski definition) is 3. The number of anilines is 1. The zero-order chi connectivity index (χ0) is 14.5. The second-order valence-corrected chi connectivity index (χ2v) is 5.39. The van der Waals surface area contributed by atoms with Crippen molar-refractivity contribution in [1.29, 1.82) is 0 Å². The van der Waals surface area contributed by atoms with E-state index in [4.69, 9.17) is 4.74 Å². The molecule has 0 saturated heterocycles. The fourth-order valence-corrected chi connectivity index (χ4v) is 2.49. The summed E-state index contributed by atoms with van der Waals surface area (Å²) >= 11 is 0. The van der Waals surface area contributed by atoms with Gasteiger partial charge in [-0.05, 0) is 57.0 Å². The fraction of sp³-hybridized carbons (Fsp3) is 0.562. The fourth-order valence-electron chi connectivity index (χ4n) is 2.49. The summed E-state index contributed by atoms with van der Waals surface area (Å²) in [6, 6.07) is 8.03. The molecule has 1 unspecified atom stereocenters. The molecule has 0 aromatic heterocycles. The smallest absolute Gasteiger partial charge is 0.228 e. The Morgan fingerprint density at radius 1 is 1.40 bits per heavy atom. The van der Waals surface area contributed by atoms with Crippen LogP contribution in [0.4, 0.5) is 5.69 Å². The van der Waals surface area contributed by atoms with Gasteiger partial charge in [-0.15, -0.1) is 0 Å². The standard InChI is InChI=1S/C16H24N2O2/c1-12(13-4-5-13)18(16(19)10-11-17-2)14-6-8-15(20-3)9-7-14/h6-9,12-13,17H,4-5,10-11H2,1-3H3. The molecule has 1 aromatic rings. The van der Waals surface area contributed by atoms with E-state index in [9.17, 15) is 4.79 Å². The molecule has 0 aliphatic heterocycles. The lowest BCUT2D eigenvalue weighted by Crippen LogP contribution is -2.41. The first-order valence-electron chi connectivity index (χ1n) is 7.28. The van der Waals surface area contributed by atoms with Crippen molar-refractivity contribution in [3.05, 3.63) is 24.3 Å². The van der Waals surface area contributed by atoms with E-state index in [1.54, 1.807) is 7.11 Å². The van der Waals surface area contributed by atoms with Crippen LogP contribution in [0.25, 0.3) is 0 Å². The van der Waals surface area contributed by atoms with Gasteiger partial charge in [0.05, 0.1) is 7.11 Å². The van der Waals surface area contributed by atoms with E-state index in [-0.39, 0.29) is 11.9 Å². The molecule has 1 aliphatic rings. The second kappa shape index (κ2) is 6.75. The highest BCUT2D eigenvalue weighted by molar-refractivity contribution is 5.94. The third kappa shape index (κ3) is 3.51. The van der Waals surface area contributed by atoms with E-state index in [0.717, 1.165) is 11.4 Å². The van der Waals surface area contributed by atoms with Crippen LogP contribution in [-0.2, 0) is 4.79 Å². The monoisotopic (exact) mass is 276 g/mol. The molecular weight excluding hydrogens is 252 g/mol. The van der Waals surface area contributed by atoms with Crippen LogP contribution in [0, 0.1) is 5.92 Å². The van der Waals surface area contributed by atoms with Gasteiger partial charge in [0.1, 0.15) is 5.75 Å². The van der Waals surface area contributed by atoms with Crippen LogP contribution in [0.1, 0.15) is 26.2 Å². The number of amides is 1. The quantitative estimate of drug-likeness (QED) is 0.831. The molecule has 4 nitrogen and oxygen atoms in total. The predicted octanol–water partition coefficient (Wildman–Crippen LogP) is 2.44. The molecule has 1 aliphatic carbocycles. The van der Waals surface area contributed by atoms with Gasteiger partial charge >= 0.3 is 0 Å². The van der Waals surface area contributed by atoms with Crippen molar-refractivity contribution in [3.63, 3.8) is 0 Å². The van der Waals surface area contributed by atoms with Crippen molar-refractivity contribution < 1.29 is 9.53 Å². The summed E-state index contributed by atoms with van der Waals surface area (Å²) in [5.41, 5.74) is 0.964. The molecule has 1 N–H and O–H groups in total. The molecular formula is C16H24N2O2. The lowest BCUT2D eigenvalue weighted by Gasteiger charge is -2.30. The van der Waals surface area contributed by atoms with Crippen molar-refractivity contribution in [2.24, 2.45) is 5.92 Å². The van der Waals surface area contributed by atoms with Gasteiger partial charge in [-0.25, -0.2) is 0 Å². The lowest BCUT2D eigenvalue weighted by atomic mass is 10.1. The molecule has 1 atom stereocenters. The molecule has 1 amide bonds. The Morgan fingerprint density at radius 3 is 2.55 bits per heavy atom. The third-order valence-electron chi connectivity index (χ3n) is 3.92. The van der Waals surface area contributed by atoms with Crippen molar-refractivity contribution >= 4 is 11.6 Å². The molecule has 1 aromatic carbocycles. The summed E-state index contributed by atoms with van der Waals surface area (Å²) in [7, 11) is 3.52. The van der Waals surface area contributed by atoms with E-state index in [1.165, 1.54) is 12.8 Å². The number of ether oxygens (including phenoxy) is 1. The van der Waals surface area contributed by atoms with Gasteiger partial charge < -0.3 is 15.0 Å². The van der Waals surface area contributed by atoms with E-state index in [2.05, 4.69) is 12.2 Å². The molecule has 20 heavy (non-hydrogen) atoms. The highest BCUT2D eigenvalue weighted by Gasteiger charge is 2.34. The number of benzene rings is 1. The Hall–Kier alpha value is -1.55. The molecule has 0 bridgehead atoms. The van der Waals surface area contributed by atoms with E-state index in [1.807, 2.05) is 36.2 Å². The maximum atomic E-state index is 12.5. The van der Waals surface area contributed by atoms with E-state index < -0.39 is 0 Å². The maximum absolute atomic E-state index is 12.5. The van der Waals surface area contributed by atoms with Gasteiger partial charge in [0, 0.05) is 24.7 Å². The van der Waals surface area contributed by atoms with Crippen LogP contribution in [0.2, 0.25) is 0 Å². The van der Waals surface area contributed by atoms with Crippen LogP contribution in [-0.4, -0.2) is 32.7 Å². The van der Waals surface area contributed by atoms with E-state index in [0.29, 0.717) is 18.9 Å².